The highest BCUT2D eigenvalue weighted by molar-refractivity contribution is 7.46. The van der Waals surface area contributed by atoms with Crippen LogP contribution in [-0.4, -0.2) is 336 Å². The van der Waals surface area contributed by atoms with E-state index in [4.69, 9.17) is 76.4 Å². The second-order valence-electron chi connectivity index (χ2n) is 26.0. The SMILES string of the molecule is CO[C@@H]1C(CO)O[C@H](O[C@@H]2C(OC=O)O[C@@H](O[C@H]3CC(NC(C)=O)[C@@H](O[C@@H]4C(OC=O)O[C@@H](OCCNC(=O)c5ccc(CCCC(=O)C[C@H]6C(C[C@H](O)[C@H](O)CO)O[C@](OP(=O)([O-])OC[C@H]7O[C@@H](n8ccc(N)nc8=O)C(O)[C@H]7O)(C(=O)O)C[C@H]6O)cc5)C(O)[C@H]4O)OC3CO)C(O)[C@H]2O)C(NC(C)=O)[C@H]1O. The van der Waals surface area contributed by atoms with E-state index in [-0.39, 0.29) is 50.1 Å². The number of carbonyl (C=O) groups excluding carboxylic acids is 6. The van der Waals surface area contributed by atoms with Gasteiger partial charge in [0, 0.05) is 77.3 Å². The van der Waals surface area contributed by atoms with E-state index in [9.17, 15) is 119 Å². The first-order valence-corrected chi connectivity index (χ1v) is 35.2. The Balaban J connectivity index is 0.801. The number of nitrogens with two attached hydrogens (primary N) is 1. The molecule has 6 saturated heterocycles. The third-order valence-corrected chi connectivity index (χ3v) is 19.5. The maximum atomic E-state index is 13.5. The molecule has 6 aliphatic heterocycles. The first-order valence-electron chi connectivity index (χ1n) is 33.8. The number of Topliss-reactive ketones (excluding diaryl/α,β-unsaturated/α-hetero) is 1. The lowest BCUT2D eigenvalue weighted by Gasteiger charge is -2.48. The van der Waals surface area contributed by atoms with Crippen LogP contribution in [0.25, 0.3) is 0 Å². The largest absolute Gasteiger partial charge is 0.756 e. The van der Waals surface area contributed by atoms with Crippen molar-refractivity contribution in [3.05, 3.63) is 58.1 Å². The normalized spacial score (nSPS) is 36.8. The van der Waals surface area contributed by atoms with Gasteiger partial charge in [0.15, 0.2) is 43.6 Å². The fraction of sp³-hybridized carbons (Fsp3) is 0.726. The predicted octanol–water partition coefficient (Wildman–Crippen LogP) is -10.2. The average Bonchev–Trinajstić information content (AvgIpc) is 0.994. The van der Waals surface area contributed by atoms with Gasteiger partial charge in [0.05, 0.1) is 63.5 Å². The van der Waals surface area contributed by atoms with Crippen LogP contribution in [0.4, 0.5) is 5.82 Å². The Bertz CT molecular complexity index is 3430. The summed E-state index contributed by atoms with van der Waals surface area (Å²) < 4.78 is 96.8. The molecule has 8 rings (SSSR count). The molecule has 2 aromatic rings. The molecule has 0 radical (unpaired) electrons. The van der Waals surface area contributed by atoms with Crippen molar-refractivity contribution in [2.24, 2.45) is 5.92 Å². The summed E-state index contributed by atoms with van der Waals surface area (Å²) in [6, 6.07) is 4.46. The van der Waals surface area contributed by atoms with Crippen LogP contribution in [0.2, 0.25) is 0 Å². The van der Waals surface area contributed by atoms with Crippen LogP contribution in [0, 0.1) is 5.92 Å². The molecule has 0 aliphatic carbocycles. The number of aliphatic hydroxyl groups is 13. The zero-order valence-corrected chi connectivity index (χ0v) is 58.8. The number of aromatic nitrogens is 2. The maximum absolute atomic E-state index is 13.5. The number of rotatable bonds is 37. The van der Waals surface area contributed by atoms with Crippen molar-refractivity contribution in [1.82, 2.24) is 25.5 Å². The van der Waals surface area contributed by atoms with Crippen LogP contribution in [-0.2, 0) is 110 Å². The maximum Gasteiger partial charge on any atom is 0.364 e. The van der Waals surface area contributed by atoms with Crippen molar-refractivity contribution in [3.63, 3.8) is 0 Å². The molecule has 0 bridgehead atoms. The van der Waals surface area contributed by atoms with Crippen LogP contribution in [0.3, 0.4) is 0 Å². The number of hydrogen-bond donors (Lipinski definition) is 18. The zero-order valence-electron chi connectivity index (χ0n) is 57.9. The molecule has 1 aromatic carbocycles. The molecule has 30 atom stereocenters. The topological polar surface area (TPSA) is 678 Å². The van der Waals surface area contributed by atoms with Crippen molar-refractivity contribution in [2.75, 3.05) is 52.4 Å². The number of aliphatic carboxylic acids is 1. The summed E-state index contributed by atoms with van der Waals surface area (Å²) in [7, 11) is -4.71. The number of nitrogens with one attached hydrogen (secondary N) is 3. The molecule has 46 heteroatoms. The number of phosphoric ester groups is 1. The van der Waals surface area contributed by atoms with Gasteiger partial charge in [0.2, 0.25) is 24.4 Å². The van der Waals surface area contributed by atoms with Gasteiger partial charge in [-0.3, -0.25) is 42.4 Å². The van der Waals surface area contributed by atoms with Crippen LogP contribution in [0.5, 0.6) is 0 Å². The lowest BCUT2D eigenvalue weighted by atomic mass is 9.80. The highest BCUT2D eigenvalue weighted by Gasteiger charge is 2.58. The number of nitrogens with zero attached hydrogens (tertiary/aromatic N) is 2. The minimum Gasteiger partial charge on any atom is -0.756 e. The zero-order chi connectivity index (χ0) is 79.2. The van der Waals surface area contributed by atoms with E-state index >= 15 is 0 Å². The van der Waals surface area contributed by atoms with Gasteiger partial charge < -0.3 is 164 Å². The number of carboxylic acids is 1. The number of ketones is 1. The number of aryl methyl sites for hydroxylation is 1. The fourth-order valence-corrected chi connectivity index (χ4v) is 14.0. The summed E-state index contributed by atoms with van der Waals surface area (Å²) in [5, 5.41) is 158. The van der Waals surface area contributed by atoms with Crippen molar-refractivity contribution in [2.45, 2.75) is 231 Å². The minimum atomic E-state index is -5.91. The Hall–Kier alpha value is -6.46. The number of phosphoric acid groups is 1. The molecule has 45 nitrogen and oxygen atoms in total. The van der Waals surface area contributed by atoms with Crippen molar-refractivity contribution < 1.29 is 185 Å². The monoisotopic (exact) mass is 1570 g/mol. The van der Waals surface area contributed by atoms with Gasteiger partial charge in [-0.15, -0.1) is 0 Å². The fourth-order valence-electron chi connectivity index (χ4n) is 13.0. The van der Waals surface area contributed by atoms with Crippen LogP contribution < -0.4 is 32.3 Å². The molecule has 0 spiro atoms. The molecule has 108 heavy (non-hydrogen) atoms. The number of methoxy groups -OCH3 is 1. The number of nitrogen functional groups attached to an aromatic ring is 1. The molecular formula is C62H90N6O39P-. The van der Waals surface area contributed by atoms with E-state index in [1.54, 1.807) is 12.1 Å². The molecule has 19 N–H and O–H groups in total. The highest BCUT2D eigenvalue weighted by atomic mass is 31.2. The number of carbonyl (C=O) groups is 7. The van der Waals surface area contributed by atoms with Crippen molar-refractivity contribution in [3.8, 4) is 0 Å². The Kier molecular flexibility index (Phi) is 31.6. The molecular weight excluding hydrogens is 1480 g/mol. The highest BCUT2D eigenvalue weighted by Crippen LogP contribution is 2.50. The molecule has 6 aliphatic rings. The third kappa shape index (κ3) is 21.6. The lowest BCUT2D eigenvalue weighted by molar-refractivity contribution is -0.392. The molecule has 1 aromatic heterocycles. The smallest absolute Gasteiger partial charge is 0.364 e. The molecule has 0 saturated carbocycles. The van der Waals surface area contributed by atoms with E-state index in [1.807, 2.05) is 0 Å². The van der Waals surface area contributed by atoms with E-state index in [0.717, 1.165) is 24.6 Å². The predicted molar refractivity (Wildman–Crippen MR) is 342 cm³/mol. The summed E-state index contributed by atoms with van der Waals surface area (Å²) in [5.74, 6) is -9.55. The van der Waals surface area contributed by atoms with E-state index < -0.39 is 279 Å². The second kappa shape index (κ2) is 39.1. The van der Waals surface area contributed by atoms with Gasteiger partial charge in [-0.2, -0.15) is 4.98 Å². The average molecular weight is 1570 g/mol. The Morgan fingerprint density at radius 3 is 1.95 bits per heavy atom. The van der Waals surface area contributed by atoms with Gasteiger partial charge in [-0.1, -0.05) is 12.1 Å². The summed E-state index contributed by atoms with van der Waals surface area (Å²) in [4.78, 5) is 117. The third-order valence-electron chi connectivity index (χ3n) is 18.5. The van der Waals surface area contributed by atoms with Gasteiger partial charge in [0.1, 0.15) is 90.9 Å². The molecule has 3 amide bonds. The van der Waals surface area contributed by atoms with Gasteiger partial charge >= 0.3 is 11.7 Å². The second-order valence-corrected chi connectivity index (χ2v) is 27.3. The number of benzene rings is 1. The van der Waals surface area contributed by atoms with Crippen LogP contribution >= 0.6 is 7.82 Å². The first-order chi connectivity index (χ1) is 51.2. The number of carboxylic acid groups (broad SMARTS) is 1. The Morgan fingerprint density at radius 1 is 0.741 bits per heavy atom. The molecule has 7 heterocycles. The van der Waals surface area contributed by atoms with Crippen LogP contribution in [0.1, 0.15) is 74.5 Å². The molecule has 608 valence electrons. The van der Waals surface area contributed by atoms with Gasteiger partial charge in [0.25, 0.3) is 32.5 Å². The Labute approximate surface area is 612 Å². The Morgan fingerprint density at radius 2 is 1.36 bits per heavy atom. The number of ether oxygens (including phenoxy) is 13. The van der Waals surface area contributed by atoms with Crippen LogP contribution in [0.15, 0.2) is 41.3 Å². The van der Waals surface area contributed by atoms with E-state index in [0.29, 0.717) is 5.56 Å². The van der Waals surface area contributed by atoms with E-state index in [1.165, 1.54) is 25.3 Å². The summed E-state index contributed by atoms with van der Waals surface area (Å²) in [6.07, 6.45) is -45.9. The minimum absolute atomic E-state index is 0.0890. The summed E-state index contributed by atoms with van der Waals surface area (Å²) >= 11 is 0. The quantitative estimate of drug-likeness (QED) is 0.0170. The first kappa shape index (κ1) is 87.1. The molecule has 6 fully saturated rings. The summed E-state index contributed by atoms with van der Waals surface area (Å²) in [5.41, 5.74) is 5.26. The van der Waals surface area contributed by atoms with Gasteiger partial charge in [-0.05, 0) is 36.6 Å². The number of aliphatic hydroxyl groups excluding tert-OH is 13. The van der Waals surface area contributed by atoms with Crippen molar-refractivity contribution in [1.29, 1.82) is 0 Å². The lowest BCUT2D eigenvalue weighted by Crippen LogP contribution is -2.68. The molecule has 11 unspecified atom stereocenters. The van der Waals surface area contributed by atoms with E-state index in [2.05, 4.69) is 20.9 Å². The summed E-state index contributed by atoms with van der Waals surface area (Å²) in [6.45, 7) is -2.42. The standard InChI is InChI=1S/C62H91N6O39P/c1-25(74)65-31-16-36(99-57-48(86)45(83)51(59(105-57)96-24-73)103-55-41(66-26(2)75)43(81)49(93-3)38(21-71)101-55)37(20-70)100-54(31)102-50-44(82)47(85)56(104-58(50)95-23-72)94-14-12-64-52(87)28-9-7-27(8-10-28)5-4-6-29(76)15-30-33(78)18-62(60(88)89,106-35(30)17-32(77)34(79)19-69)107-108(91,92)97-22-39-42(80)46(84)53(98-39)68-13-11-40(63)67-61(68)90/h7-11,13,23-24,30-39,41-51,53-59,69-71,77-86H,4-6,12,14-22H2,1-3H3,(H,64,87)(H,65,74)(H,66,75)(H,88,89)(H,91,92)(H2,63,67,90)/p-1/t30-,31?,32+,33-,34-,35?,36+,37?,38?,39-,41?,42+,43-,44-,45-,46?,47?,48?,49-,50+,51+,53-,54-,55-,56-,57-,58?,59?,62-/m1/s1. The number of anilines is 1. The van der Waals surface area contributed by atoms with Crippen molar-refractivity contribution >= 4 is 56.1 Å². The number of amides is 3. The number of hydrogen-bond acceptors (Lipinski definition) is 40. The van der Waals surface area contributed by atoms with Gasteiger partial charge in [-0.25, -0.2) is 9.59 Å².